The maximum Gasteiger partial charge on any atom is 0.149 e. The molecule has 1 aliphatic rings. The molecule has 0 bridgehead atoms. The van der Waals surface area contributed by atoms with Crippen molar-refractivity contribution in [1.29, 1.82) is 0 Å². The zero-order valence-electron chi connectivity index (χ0n) is 4.88. The van der Waals surface area contributed by atoms with Crippen LogP contribution in [0.15, 0.2) is 23.8 Å². The number of halogens is 1. The Labute approximate surface area is 52.9 Å². The van der Waals surface area contributed by atoms with E-state index in [9.17, 15) is 9.18 Å². The average molecular weight is 126 g/mol. The quantitative estimate of drug-likeness (QED) is 0.485. The molecule has 1 aliphatic carbocycles. The topological polar surface area (TPSA) is 17.1 Å². The van der Waals surface area contributed by atoms with Gasteiger partial charge >= 0.3 is 0 Å². The van der Waals surface area contributed by atoms with Crippen LogP contribution < -0.4 is 0 Å². The Balaban J connectivity index is 2.62. The van der Waals surface area contributed by atoms with Gasteiger partial charge in [-0.15, -0.1) is 0 Å². The minimum atomic E-state index is -0.895. The minimum Gasteiger partial charge on any atom is -0.298 e. The van der Waals surface area contributed by atoms with Crippen LogP contribution in [-0.4, -0.2) is 12.5 Å². The zero-order chi connectivity index (χ0) is 6.69. The van der Waals surface area contributed by atoms with Gasteiger partial charge in [-0.1, -0.05) is 12.2 Å². The highest BCUT2D eigenvalue weighted by Crippen LogP contribution is 2.10. The first-order valence-corrected chi connectivity index (χ1v) is 2.80. The van der Waals surface area contributed by atoms with Crippen molar-refractivity contribution in [3.05, 3.63) is 23.8 Å². The van der Waals surface area contributed by atoms with Gasteiger partial charge in [0.15, 0.2) is 0 Å². The molecule has 2 heteroatoms. The Morgan fingerprint density at radius 2 is 2.56 bits per heavy atom. The molecule has 48 valence electrons. The second-order valence-corrected chi connectivity index (χ2v) is 1.93. The second kappa shape index (κ2) is 2.58. The predicted molar refractivity (Wildman–Crippen MR) is 32.8 cm³/mol. The van der Waals surface area contributed by atoms with Crippen molar-refractivity contribution < 1.29 is 9.18 Å². The van der Waals surface area contributed by atoms with Gasteiger partial charge in [0.25, 0.3) is 0 Å². The smallest absolute Gasteiger partial charge is 0.149 e. The van der Waals surface area contributed by atoms with E-state index in [1.54, 1.807) is 6.08 Å². The van der Waals surface area contributed by atoms with Gasteiger partial charge in [-0.05, 0) is 6.08 Å². The SMILES string of the molecule is O=CC1=CCC(F)C=C1. The number of allylic oxidation sites excluding steroid dienone is 4. The normalized spacial score (nSPS) is 25.4. The van der Waals surface area contributed by atoms with Crippen molar-refractivity contribution in [2.24, 2.45) is 0 Å². The van der Waals surface area contributed by atoms with Crippen LogP contribution in [-0.2, 0) is 4.79 Å². The van der Waals surface area contributed by atoms with Crippen LogP contribution in [0.3, 0.4) is 0 Å². The number of hydrogen-bond donors (Lipinski definition) is 0. The molecule has 0 radical (unpaired) electrons. The molecule has 0 aliphatic heterocycles. The fourth-order valence-corrected chi connectivity index (χ4v) is 0.698. The van der Waals surface area contributed by atoms with Crippen LogP contribution in [0.2, 0.25) is 0 Å². The van der Waals surface area contributed by atoms with E-state index in [2.05, 4.69) is 0 Å². The monoisotopic (exact) mass is 126 g/mol. The van der Waals surface area contributed by atoms with E-state index >= 15 is 0 Å². The number of rotatable bonds is 1. The fourth-order valence-electron chi connectivity index (χ4n) is 0.698. The zero-order valence-corrected chi connectivity index (χ0v) is 4.88. The van der Waals surface area contributed by atoms with Crippen molar-refractivity contribution in [2.75, 3.05) is 0 Å². The van der Waals surface area contributed by atoms with E-state index in [1.807, 2.05) is 0 Å². The molecule has 0 spiro atoms. The Morgan fingerprint density at radius 3 is 3.00 bits per heavy atom. The largest absolute Gasteiger partial charge is 0.298 e. The molecule has 0 aromatic carbocycles. The summed E-state index contributed by atoms with van der Waals surface area (Å²) in [5.74, 6) is 0. The first-order chi connectivity index (χ1) is 4.33. The van der Waals surface area contributed by atoms with E-state index < -0.39 is 6.17 Å². The summed E-state index contributed by atoms with van der Waals surface area (Å²) >= 11 is 0. The number of alkyl halides is 1. The highest BCUT2D eigenvalue weighted by Gasteiger charge is 2.04. The van der Waals surface area contributed by atoms with Gasteiger partial charge in [0, 0.05) is 12.0 Å². The van der Waals surface area contributed by atoms with Crippen molar-refractivity contribution in [3.63, 3.8) is 0 Å². The molecule has 0 heterocycles. The maximum atomic E-state index is 12.2. The van der Waals surface area contributed by atoms with E-state index in [0.29, 0.717) is 12.0 Å². The summed E-state index contributed by atoms with van der Waals surface area (Å²) in [6.45, 7) is 0. The maximum absolute atomic E-state index is 12.2. The number of aldehydes is 1. The third-order valence-corrected chi connectivity index (χ3v) is 1.21. The van der Waals surface area contributed by atoms with E-state index in [0.717, 1.165) is 6.29 Å². The third-order valence-electron chi connectivity index (χ3n) is 1.21. The first kappa shape index (κ1) is 6.20. The highest BCUT2D eigenvalue weighted by atomic mass is 19.1. The molecular formula is C7H7FO. The molecule has 0 saturated heterocycles. The van der Waals surface area contributed by atoms with Crippen LogP contribution in [0, 0.1) is 0 Å². The molecule has 0 amide bonds. The molecule has 0 saturated carbocycles. The fraction of sp³-hybridized carbons (Fsp3) is 0.286. The molecule has 9 heavy (non-hydrogen) atoms. The van der Waals surface area contributed by atoms with Gasteiger partial charge in [-0.25, -0.2) is 4.39 Å². The molecule has 1 rings (SSSR count). The summed E-state index contributed by atoms with van der Waals surface area (Å²) < 4.78 is 12.2. The second-order valence-electron chi connectivity index (χ2n) is 1.93. The molecule has 1 unspecified atom stereocenters. The van der Waals surface area contributed by atoms with E-state index in [-0.39, 0.29) is 0 Å². The van der Waals surface area contributed by atoms with Crippen molar-refractivity contribution in [2.45, 2.75) is 12.6 Å². The summed E-state index contributed by atoms with van der Waals surface area (Å²) in [4.78, 5) is 10.0. The standard InChI is InChI=1S/C7H7FO/c8-7-3-1-6(5-9)2-4-7/h1-3,5,7H,4H2. The Kier molecular flexibility index (Phi) is 1.78. The summed E-state index contributed by atoms with van der Waals surface area (Å²) in [5, 5.41) is 0. The van der Waals surface area contributed by atoms with Gasteiger partial charge < -0.3 is 0 Å². The summed E-state index contributed by atoms with van der Waals surface area (Å²) in [5.41, 5.74) is 0.573. The molecule has 0 N–H and O–H groups in total. The van der Waals surface area contributed by atoms with Gasteiger partial charge in [-0.3, -0.25) is 4.79 Å². The molecule has 1 nitrogen and oxygen atoms in total. The van der Waals surface area contributed by atoms with Gasteiger partial charge in [-0.2, -0.15) is 0 Å². The molecular weight excluding hydrogens is 119 g/mol. The van der Waals surface area contributed by atoms with Crippen molar-refractivity contribution in [3.8, 4) is 0 Å². The van der Waals surface area contributed by atoms with Gasteiger partial charge in [0.2, 0.25) is 0 Å². The Bertz CT molecular complexity index is 170. The highest BCUT2D eigenvalue weighted by molar-refractivity contribution is 5.77. The lowest BCUT2D eigenvalue weighted by Crippen LogP contribution is -1.98. The first-order valence-electron chi connectivity index (χ1n) is 2.80. The van der Waals surface area contributed by atoms with Crippen LogP contribution in [0.25, 0.3) is 0 Å². The molecule has 0 aromatic rings. The van der Waals surface area contributed by atoms with E-state index in [1.165, 1.54) is 12.2 Å². The number of carbonyl (C=O) groups is 1. The number of hydrogen-bond acceptors (Lipinski definition) is 1. The van der Waals surface area contributed by atoms with E-state index in [4.69, 9.17) is 0 Å². The lowest BCUT2D eigenvalue weighted by molar-refractivity contribution is -0.104. The Morgan fingerprint density at radius 1 is 1.78 bits per heavy atom. The summed E-state index contributed by atoms with van der Waals surface area (Å²) in [7, 11) is 0. The molecule has 0 aromatic heterocycles. The van der Waals surface area contributed by atoms with Crippen LogP contribution in [0.5, 0.6) is 0 Å². The summed E-state index contributed by atoms with van der Waals surface area (Å²) in [6, 6.07) is 0. The van der Waals surface area contributed by atoms with Crippen molar-refractivity contribution in [1.82, 2.24) is 0 Å². The lowest BCUT2D eigenvalue weighted by atomic mass is 10.1. The molecule has 1 atom stereocenters. The van der Waals surface area contributed by atoms with Gasteiger partial charge in [0.1, 0.15) is 12.5 Å². The van der Waals surface area contributed by atoms with Crippen LogP contribution >= 0.6 is 0 Å². The summed E-state index contributed by atoms with van der Waals surface area (Å²) in [6.07, 6.45) is 4.66. The van der Waals surface area contributed by atoms with Crippen molar-refractivity contribution >= 4 is 6.29 Å². The average Bonchev–Trinajstić information content (AvgIpc) is 1.90. The lowest BCUT2D eigenvalue weighted by Gasteiger charge is -2.02. The number of carbonyl (C=O) groups excluding carboxylic acids is 1. The molecule has 0 fully saturated rings. The Hall–Kier alpha value is -0.920. The predicted octanol–water partition coefficient (Wildman–Crippen LogP) is 1.41. The van der Waals surface area contributed by atoms with Gasteiger partial charge in [0.05, 0.1) is 0 Å². The van der Waals surface area contributed by atoms with Crippen LogP contribution in [0.4, 0.5) is 4.39 Å². The minimum absolute atomic E-state index is 0.338. The van der Waals surface area contributed by atoms with Crippen LogP contribution in [0.1, 0.15) is 6.42 Å². The third kappa shape index (κ3) is 1.49.